The van der Waals surface area contributed by atoms with E-state index in [2.05, 4.69) is 0 Å². The Hall–Kier alpha value is -5.08. The molecule has 6 rings (SSSR count). The van der Waals surface area contributed by atoms with Gasteiger partial charge in [0.05, 0.1) is 28.5 Å². The molecule has 1 aliphatic rings. The minimum atomic E-state index is -0.877. The molecule has 0 N–H and O–H groups in total. The van der Waals surface area contributed by atoms with Crippen molar-refractivity contribution in [3.05, 3.63) is 163 Å². The molecule has 6 nitrogen and oxygen atoms in total. The molecule has 0 fully saturated rings. The molecule has 0 unspecified atom stereocenters. The molecule has 0 radical (unpaired) electrons. The number of hydrogen-bond acceptors (Lipinski definition) is 6. The van der Waals surface area contributed by atoms with Crippen molar-refractivity contribution in [2.45, 2.75) is 19.6 Å². The molecule has 2 heterocycles. The second kappa shape index (κ2) is 12.4. The van der Waals surface area contributed by atoms with Crippen molar-refractivity contribution in [3.8, 4) is 5.75 Å². The van der Waals surface area contributed by atoms with Crippen LogP contribution in [0.2, 0.25) is 0 Å². The van der Waals surface area contributed by atoms with Crippen LogP contribution >= 0.6 is 11.3 Å². The normalized spacial score (nSPS) is 14.7. The number of rotatable bonds is 8. The Morgan fingerprint density at radius 1 is 0.930 bits per heavy atom. The van der Waals surface area contributed by atoms with E-state index >= 15 is 0 Å². The minimum absolute atomic E-state index is 0.144. The largest absolute Gasteiger partial charge is 0.488 e. The van der Waals surface area contributed by atoms with E-state index in [1.807, 2.05) is 84.9 Å². The number of fused-ring (bicyclic) bond motifs is 1. The van der Waals surface area contributed by atoms with Crippen molar-refractivity contribution in [1.82, 2.24) is 4.57 Å². The van der Waals surface area contributed by atoms with Crippen molar-refractivity contribution in [1.29, 1.82) is 0 Å². The van der Waals surface area contributed by atoms with Crippen LogP contribution in [0.3, 0.4) is 0 Å². The van der Waals surface area contributed by atoms with Gasteiger partial charge >= 0.3 is 5.97 Å². The first-order valence-electron chi connectivity index (χ1n) is 13.8. The van der Waals surface area contributed by atoms with Crippen LogP contribution in [-0.4, -0.2) is 17.1 Å². The fraction of sp³-hybridized carbons (Fsp3) is 0.114. The molecule has 8 heteroatoms. The summed E-state index contributed by atoms with van der Waals surface area (Å²) in [6, 6.07) is 31.6. The summed E-state index contributed by atoms with van der Waals surface area (Å²) in [5.74, 6) is -0.383. The second-order valence-electron chi connectivity index (χ2n) is 9.80. The zero-order chi connectivity index (χ0) is 29.8. The molecule has 4 aromatic carbocycles. The summed E-state index contributed by atoms with van der Waals surface area (Å²) in [6.45, 7) is 2.24. The minimum Gasteiger partial charge on any atom is -0.488 e. The quantitative estimate of drug-likeness (QED) is 0.219. The molecular formula is C35H27FN2O4S. The molecule has 5 aromatic rings. The number of nitrogens with zero attached hydrogens (tertiary/aromatic N) is 2. The fourth-order valence-corrected chi connectivity index (χ4v) is 6.00. The Kier molecular flexibility index (Phi) is 8.11. The van der Waals surface area contributed by atoms with Crippen LogP contribution in [0, 0.1) is 5.82 Å². The number of esters is 1. The van der Waals surface area contributed by atoms with Crippen LogP contribution < -0.4 is 19.6 Å². The molecule has 0 spiro atoms. The van der Waals surface area contributed by atoms with Gasteiger partial charge in [-0.1, -0.05) is 102 Å². The lowest BCUT2D eigenvalue weighted by atomic mass is 9.93. The average Bonchev–Trinajstić information content (AvgIpc) is 3.35. The summed E-state index contributed by atoms with van der Waals surface area (Å²) in [5, 5.41) is 0. The number of thiazole rings is 1. The zero-order valence-corrected chi connectivity index (χ0v) is 24.1. The Morgan fingerprint density at radius 2 is 1.60 bits per heavy atom. The topological polar surface area (TPSA) is 69.9 Å². The number of halogens is 1. The molecule has 1 aromatic heterocycles. The van der Waals surface area contributed by atoms with Crippen LogP contribution in [0.5, 0.6) is 5.75 Å². The Labute approximate surface area is 251 Å². The van der Waals surface area contributed by atoms with Crippen LogP contribution in [0.1, 0.15) is 35.2 Å². The monoisotopic (exact) mass is 590 g/mol. The molecular weight excluding hydrogens is 563 g/mol. The van der Waals surface area contributed by atoms with E-state index < -0.39 is 17.8 Å². The van der Waals surface area contributed by atoms with Crippen LogP contribution in [0.15, 0.2) is 125 Å². The van der Waals surface area contributed by atoms with Crippen molar-refractivity contribution in [3.63, 3.8) is 0 Å². The molecule has 43 heavy (non-hydrogen) atoms. The third-order valence-corrected chi connectivity index (χ3v) is 7.99. The van der Waals surface area contributed by atoms with Gasteiger partial charge in [-0.2, -0.15) is 0 Å². The van der Waals surface area contributed by atoms with Gasteiger partial charge in [-0.25, -0.2) is 14.2 Å². The van der Waals surface area contributed by atoms with E-state index in [1.54, 1.807) is 25.1 Å². The van der Waals surface area contributed by atoms with Gasteiger partial charge in [0.25, 0.3) is 5.56 Å². The fourth-order valence-electron chi connectivity index (χ4n) is 5.01. The first-order valence-corrected chi connectivity index (χ1v) is 14.6. The van der Waals surface area contributed by atoms with Crippen LogP contribution in [0.25, 0.3) is 11.8 Å². The van der Waals surface area contributed by atoms with Gasteiger partial charge in [-0.15, -0.1) is 0 Å². The highest BCUT2D eigenvalue weighted by Crippen LogP contribution is 2.35. The van der Waals surface area contributed by atoms with E-state index in [9.17, 15) is 14.0 Å². The van der Waals surface area contributed by atoms with Gasteiger partial charge in [0.1, 0.15) is 18.2 Å². The summed E-state index contributed by atoms with van der Waals surface area (Å²) in [4.78, 5) is 32.9. The molecule has 0 amide bonds. The lowest BCUT2D eigenvalue weighted by molar-refractivity contribution is -0.138. The van der Waals surface area contributed by atoms with E-state index in [0.29, 0.717) is 38.5 Å². The van der Waals surface area contributed by atoms with Crippen LogP contribution in [-0.2, 0) is 16.1 Å². The highest BCUT2D eigenvalue weighted by atomic mass is 32.1. The molecule has 0 bridgehead atoms. The van der Waals surface area contributed by atoms with E-state index in [1.165, 1.54) is 28.0 Å². The first kappa shape index (κ1) is 28.1. The van der Waals surface area contributed by atoms with Gasteiger partial charge in [-0.3, -0.25) is 9.36 Å². The maximum absolute atomic E-state index is 14.1. The smallest absolute Gasteiger partial charge is 0.338 e. The maximum Gasteiger partial charge on any atom is 0.338 e. The number of para-hydroxylation sites is 1. The number of carbonyl (C=O) groups is 1. The summed E-state index contributed by atoms with van der Waals surface area (Å²) in [6.07, 6.45) is 1.78. The maximum atomic E-state index is 14.1. The highest BCUT2D eigenvalue weighted by molar-refractivity contribution is 7.07. The number of aromatic nitrogens is 1. The van der Waals surface area contributed by atoms with Crippen molar-refractivity contribution in [2.75, 3.05) is 6.61 Å². The van der Waals surface area contributed by atoms with Gasteiger partial charge in [0.2, 0.25) is 0 Å². The molecule has 0 aliphatic carbocycles. The predicted molar refractivity (Wildman–Crippen MR) is 165 cm³/mol. The van der Waals surface area contributed by atoms with Gasteiger partial charge in [-0.05, 0) is 42.3 Å². The third kappa shape index (κ3) is 5.82. The summed E-state index contributed by atoms with van der Waals surface area (Å²) < 4.78 is 27.5. The van der Waals surface area contributed by atoms with Gasteiger partial charge < -0.3 is 9.47 Å². The molecule has 214 valence electrons. The zero-order valence-electron chi connectivity index (χ0n) is 23.3. The first-order chi connectivity index (χ1) is 21.0. The summed E-state index contributed by atoms with van der Waals surface area (Å²) in [5.41, 5.74) is 3.32. The second-order valence-corrected chi connectivity index (χ2v) is 10.8. The Balaban J connectivity index is 1.53. The lowest BCUT2D eigenvalue weighted by Crippen LogP contribution is -2.40. The Morgan fingerprint density at radius 3 is 2.33 bits per heavy atom. The number of carbonyl (C=O) groups excluding carboxylic acids is 1. The summed E-state index contributed by atoms with van der Waals surface area (Å²) >= 11 is 1.22. The number of hydrogen-bond donors (Lipinski definition) is 0. The highest BCUT2D eigenvalue weighted by Gasteiger charge is 2.35. The molecule has 1 aliphatic heterocycles. The third-order valence-electron chi connectivity index (χ3n) is 7.00. The Bertz CT molecular complexity index is 1980. The standard InChI is InChI=1S/C35H27FN2O4S/c1-2-41-34(40)30-31(24-13-7-4-8-14-24)37-35-38(32(30)25-17-19-27(36)20-18-25)33(39)29(43-35)21-26-15-9-10-16-28(26)42-22-23-11-5-3-6-12-23/h3-21,32H,2,22H2,1H3/b29-21-/t32-/m0/s1. The summed E-state index contributed by atoms with van der Waals surface area (Å²) in [7, 11) is 0. The lowest BCUT2D eigenvalue weighted by Gasteiger charge is -2.25. The van der Waals surface area contributed by atoms with Crippen LogP contribution in [0.4, 0.5) is 4.39 Å². The number of benzene rings is 4. The molecule has 1 atom stereocenters. The van der Waals surface area contributed by atoms with Crippen molar-refractivity contribution < 1.29 is 18.7 Å². The SMILES string of the molecule is CCOC(=O)C1=C(c2ccccc2)N=c2s/c(=C\c3ccccc3OCc3ccccc3)c(=O)n2[C@H]1c1ccc(F)cc1. The molecule has 0 saturated heterocycles. The molecule has 0 saturated carbocycles. The predicted octanol–water partition coefficient (Wildman–Crippen LogP) is 5.65. The van der Waals surface area contributed by atoms with E-state index in [4.69, 9.17) is 14.5 Å². The van der Waals surface area contributed by atoms with E-state index in [0.717, 1.165) is 11.1 Å². The number of ether oxygens (including phenoxy) is 2. The van der Waals surface area contributed by atoms with Gasteiger partial charge in [0.15, 0.2) is 4.80 Å². The van der Waals surface area contributed by atoms with Crippen molar-refractivity contribution in [2.24, 2.45) is 4.99 Å². The average molecular weight is 591 g/mol. The van der Waals surface area contributed by atoms with Gasteiger partial charge in [0, 0.05) is 11.1 Å². The van der Waals surface area contributed by atoms with E-state index in [-0.39, 0.29) is 17.7 Å². The van der Waals surface area contributed by atoms with Crippen molar-refractivity contribution >= 4 is 29.1 Å².